The van der Waals surface area contributed by atoms with Crippen molar-refractivity contribution in [2.24, 2.45) is 0 Å². The molecule has 0 saturated carbocycles. The summed E-state index contributed by atoms with van der Waals surface area (Å²) in [6.45, 7) is 2.19. The number of benzene rings is 2. The largest absolute Gasteiger partial charge is 0.311 e. The molecule has 0 aliphatic rings. The number of amides is 1. The van der Waals surface area contributed by atoms with Crippen LogP contribution in [0.25, 0.3) is 16.7 Å². The number of aryl methyl sites for hydroxylation is 1. The smallest absolute Gasteiger partial charge is 0.237 e. The topological polar surface area (TPSA) is 87.7 Å². The van der Waals surface area contributed by atoms with Crippen molar-refractivity contribution in [1.29, 1.82) is 5.26 Å². The Hall–Kier alpha value is -3.41. The van der Waals surface area contributed by atoms with Gasteiger partial charge in [-0.25, -0.2) is 14.6 Å². The standard InChI is InChI=1S/C23H19ClN6OS/c1-16-12-18(8-9-20(16)24)29(11-5-10-25)21(31)14-32-23-19-13-28-30(22(19)26-15-27-23)17-6-3-2-4-7-17/h2-4,6-9,12-13,15H,5,11,14H2,1H3. The van der Waals surface area contributed by atoms with Crippen molar-refractivity contribution in [3.8, 4) is 11.8 Å². The first-order chi connectivity index (χ1) is 15.6. The summed E-state index contributed by atoms with van der Waals surface area (Å²) >= 11 is 7.46. The molecule has 2 heterocycles. The van der Waals surface area contributed by atoms with Crippen LogP contribution in [0.3, 0.4) is 0 Å². The van der Waals surface area contributed by atoms with Crippen molar-refractivity contribution < 1.29 is 4.79 Å². The van der Waals surface area contributed by atoms with Crippen molar-refractivity contribution in [2.45, 2.75) is 18.4 Å². The SMILES string of the molecule is Cc1cc(N(CCC#N)C(=O)CSc2ncnc3c2cnn3-c2ccccc2)ccc1Cl. The number of rotatable bonds is 7. The molecule has 0 spiro atoms. The molecule has 2 aromatic heterocycles. The third-order valence-electron chi connectivity index (χ3n) is 4.86. The third kappa shape index (κ3) is 4.59. The van der Waals surface area contributed by atoms with Crippen LogP contribution in [0.4, 0.5) is 5.69 Å². The molecule has 32 heavy (non-hydrogen) atoms. The molecule has 7 nitrogen and oxygen atoms in total. The van der Waals surface area contributed by atoms with Crippen LogP contribution in [0.15, 0.2) is 66.1 Å². The number of halogens is 1. The van der Waals surface area contributed by atoms with Gasteiger partial charge < -0.3 is 4.90 Å². The quantitative estimate of drug-likeness (QED) is 0.289. The number of aromatic nitrogens is 4. The van der Waals surface area contributed by atoms with E-state index < -0.39 is 0 Å². The molecule has 0 atom stereocenters. The molecule has 1 amide bonds. The molecule has 2 aromatic carbocycles. The number of para-hydroxylation sites is 1. The maximum Gasteiger partial charge on any atom is 0.237 e. The summed E-state index contributed by atoms with van der Waals surface area (Å²) in [5, 5.41) is 15.6. The molecule has 0 N–H and O–H groups in total. The average Bonchev–Trinajstić information content (AvgIpc) is 3.25. The van der Waals surface area contributed by atoms with Gasteiger partial charge in [0.2, 0.25) is 5.91 Å². The van der Waals surface area contributed by atoms with Gasteiger partial charge in [-0.2, -0.15) is 10.4 Å². The monoisotopic (exact) mass is 462 g/mol. The fourth-order valence-electron chi connectivity index (χ4n) is 3.26. The minimum Gasteiger partial charge on any atom is -0.311 e. The van der Waals surface area contributed by atoms with Gasteiger partial charge in [0.1, 0.15) is 11.4 Å². The number of nitrogens with zero attached hydrogens (tertiary/aromatic N) is 6. The van der Waals surface area contributed by atoms with E-state index in [0.717, 1.165) is 22.3 Å². The van der Waals surface area contributed by atoms with Gasteiger partial charge >= 0.3 is 0 Å². The Kier molecular flexibility index (Phi) is 6.69. The number of carbonyl (C=O) groups excluding carboxylic acids is 1. The molecule has 4 aromatic rings. The first-order valence-electron chi connectivity index (χ1n) is 9.89. The van der Waals surface area contributed by atoms with Gasteiger partial charge in [0.05, 0.1) is 35.5 Å². The molecule has 4 rings (SSSR count). The van der Waals surface area contributed by atoms with Crippen LogP contribution in [0.2, 0.25) is 5.02 Å². The van der Waals surface area contributed by atoms with E-state index in [1.54, 1.807) is 27.9 Å². The van der Waals surface area contributed by atoms with Crippen LogP contribution in [-0.2, 0) is 4.79 Å². The maximum absolute atomic E-state index is 13.1. The number of nitriles is 1. The number of fused-ring (bicyclic) bond motifs is 1. The molecular formula is C23H19ClN6OS. The molecule has 0 bridgehead atoms. The van der Waals surface area contributed by atoms with Crippen molar-refractivity contribution in [3.63, 3.8) is 0 Å². The number of hydrogen-bond donors (Lipinski definition) is 0. The maximum atomic E-state index is 13.1. The Bertz CT molecular complexity index is 1300. The molecular weight excluding hydrogens is 444 g/mol. The van der Waals surface area contributed by atoms with Crippen molar-refractivity contribution >= 4 is 46.0 Å². The number of carbonyl (C=O) groups is 1. The summed E-state index contributed by atoms with van der Waals surface area (Å²) in [5.41, 5.74) is 3.17. The summed E-state index contributed by atoms with van der Waals surface area (Å²) in [7, 11) is 0. The van der Waals surface area contributed by atoms with Crippen molar-refractivity contribution in [3.05, 3.63) is 71.6 Å². The highest BCUT2D eigenvalue weighted by Crippen LogP contribution is 2.28. The molecule has 0 fully saturated rings. The number of thioether (sulfide) groups is 1. The van der Waals surface area contributed by atoms with E-state index in [1.165, 1.54) is 18.1 Å². The van der Waals surface area contributed by atoms with Gasteiger partial charge in [-0.3, -0.25) is 4.79 Å². The van der Waals surface area contributed by atoms with Crippen LogP contribution in [0.5, 0.6) is 0 Å². The van der Waals surface area contributed by atoms with Crippen LogP contribution >= 0.6 is 23.4 Å². The zero-order valence-corrected chi connectivity index (χ0v) is 18.8. The molecule has 0 unspecified atom stereocenters. The first-order valence-corrected chi connectivity index (χ1v) is 11.3. The van der Waals surface area contributed by atoms with Gasteiger partial charge in [-0.1, -0.05) is 41.6 Å². The number of hydrogen-bond acceptors (Lipinski definition) is 6. The van der Waals surface area contributed by atoms with Gasteiger partial charge in [-0.05, 0) is 42.8 Å². The molecule has 0 saturated heterocycles. The van der Waals surface area contributed by atoms with Gasteiger partial charge in [0, 0.05) is 17.3 Å². The molecule has 160 valence electrons. The molecule has 9 heteroatoms. The number of anilines is 1. The average molecular weight is 463 g/mol. The predicted molar refractivity (Wildman–Crippen MR) is 126 cm³/mol. The fourth-order valence-corrected chi connectivity index (χ4v) is 4.21. The summed E-state index contributed by atoms with van der Waals surface area (Å²) < 4.78 is 1.75. The van der Waals surface area contributed by atoms with Gasteiger partial charge in [0.15, 0.2) is 5.65 Å². The summed E-state index contributed by atoms with van der Waals surface area (Å²) in [6.07, 6.45) is 3.43. The van der Waals surface area contributed by atoms with E-state index >= 15 is 0 Å². The Labute approximate surface area is 194 Å². The van der Waals surface area contributed by atoms with E-state index in [1.807, 2.05) is 43.3 Å². The zero-order valence-electron chi connectivity index (χ0n) is 17.3. The lowest BCUT2D eigenvalue weighted by Gasteiger charge is -2.22. The highest BCUT2D eigenvalue weighted by atomic mass is 35.5. The molecule has 0 aliphatic carbocycles. The Morgan fingerprint density at radius 3 is 2.78 bits per heavy atom. The first kappa shape index (κ1) is 21.8. The lowest BCUT2D eigenvalue weighted by Crippen LogP contribution is -2.33. The Morgan fingerprint density at radius 2 is 2.03 bits per heavy atom. The highest BCUT2D eigenvalue weighted by Gasteiger charge is 2.18. The van der Waals surface area contributed by atoms with E-state index in [9.17, 15) is 4.79 Å². The second kappa shape index (κ2) is 9.81. The predicted octanol–water partition coefficient (Wildman–Crippen LogP) is 4.82. The van der Waals surface area contributed by atoms with Gasteiger partial charge in [-0.15, -0.1) is 0 Å². The molecule has 0 aliphatic heterocycles. The van der Waals surface area contributed by atoms with Crippen LogP contribution in [0.1, 0.15) is 12.0 Å². The van der Waals surface area contributed by atoms with E-state index in [2.05, 4.69) is 21.1 Å². The van der Waals surface area contributed by atoms with Crippen LogP contribution < -0.4 is 4.90 Å². The van der Waals surface area contributed by atoms with Crippen molar-refractivity contribution in [2.75, 3.05) is 17.2 Å². The summed E-state index contributed by atoms with van der Waals surface area (Å²) in [5.74, 6) is 0.0459. The normalized spacial score (nSPS) is 10.8. The van der Waals surface area contributed by atoms with Crippen molar-refractivity contribution in [1.82, 2.24) is 19.7 Å². The van der Waals surface area contributed by atoms with Crippen LogP contribution in [-0.4, -0.2) is 38.0 Å². The highest BCUT2D eigenvalue weighted by molar-refractivity contribution is 8.00. The fraction of sp³-hybridized carbons (Fsp3) is 0.174. The minimum atomic E-state index is -0.116. The van der Waals surface area contributed by atoms with E-state index in [0.29, 0.717) is 22.2 Å². The summed E-state index contributed by atoms with van der Waals surface area (Å²) in [6, 6.07) is 17.2. The van der Waals surface area contributed by atoms with E-state index in [4.69, 9.17) is 16.9 Å². The second-order valence-electron chi connectivity index (χ2n) is 6.98. The lowest BCUT2D eigenvalue weighted by atomic mass is 10.2. The Balaban J connectivity index is 1.56. The second-order valence-corrected chi connectivity index (χ2v) is 8.35. The lowest BCUT2D eigenvalue weighted by molar-refractivity contribution is -0.116. The third-order valence-corrected chi connectivity index (χ3v) is 6.28. The zero-order chi connectivity index (χ0) is 22.5. The van der Waals surface area contributed by atoms with E-state index in [-0.39, 0.29) is 18.1 Å². The summed E-state index contributed by atoms with van der Waals surface area (Å²) in [4.78, 5) is 23.4. The Morgan fingerprint density at radius 1 is 1.22 bits per heavy atom. The van der Waals surface area contributed by atoms with Crippen LogP contribution in [0, 0.1) is 18.3 Å². The minimum absolute atomic E-state index is 0.116. The molecule has 0 radical (unpaired) electrons. The van der Waals surface area contributed by atoms with Gasteiger partial charge in [0.25, 0.3) is 0 Å².